The largest absolute Gasteiger partial charge is 0.353 e. The lowest BCUT2D eigenvalue weighted by Gasteiger charge is -2.37. The molecule has 0 saturated carbocycles. The Kier molecular flexibility index (Phi) is 6.29. The summed E-state index contributed by atoms with van der Waals surface area (Å²) in [6.07, 6.45) is 0. The number of carbonyl (C=O) groups is 1. The number of hydrogen-bond acceptors (Lipinski definition) is 5. The van der Waals surface area contributed by atoms with Crippen LogP contribution in [0.3, 0.4) is 0 Å². The molecule has 150 valence electrons. The average Bonchev–Trinajstić information content (AvgIpc) is 2.72. The maximum absolute atomic E-state index is 13.0. The molecule has 1 saturated heterocycles. The first-order valence-electron chi connectivity index (χ1n) is 10.1. The Labute approximate surface area is 167 Å². The van der Waals surface area contributed by atoms with Crippen molar-refractivity contribution in [2.75, 3.05) is 31.1 Å². The van der Waals surface area contributed by atoms with Crippen LogP contribution in [0, 0.1) is 12.8 Å². The van der Waals surface area contributed by atoms with E-state index in [-0.39, 0.29) is 17.9 Å². The second-order valence-electron chi connectivity index (χ2n) is 7.92. The van der Waals surface area contributed by atoms with Crippen molar-refractivity contribution in [2.45, 2.75) is 39.7 Å². The lowest BCUT2D eigenvalue weighted by atomic mass is 9.94. The number of anilines is 1. The van der Waals surface area contributed by atoms with Crippen LogP contribution in [0.4, 0.5) is 5.82 Å². The first kappa shape index (κ1) is 20.3. The first-order valence-corrected chi connectivity index (χ1v) is 10.1. The minimum Gasteiger partial charge on any atom is -0.353 e. The van der Waals surface area contributed by atoms with E-state index in [1.807, 2.05) is 55.1 Å². The molecule has 1 aromatic carbocycles. The Balaban J connectivity index is 1.63. The molecular formula is C22H31N5O. The summed E-state index contributed by atoms with van der Waals surface area (Å²) in [5, 5.41) is 0. The summed E-state index contributed by atoms with van der Waals surface area (Å²) in [4.78, 5) is 26.4. The van der Waals surface area contributed by atoms with Crippen LogP contribution in [-0.4, -0.2) is 47.0 Å². The molecule has 28 heavy (non-hydrogen) atoms. The van der Waals surface area contributed by atoms with Crippen molar-refractivity contribution in [3.63, 3.8) is 0 Å². The van der Waals surface area contributed by atoms with Gasteiger partial charge >= 0.3 is 0 Å². The number of carbonyl (C=O) groups excluding carboxylic acids is 1. The first-order chi connectivity index (χ1) is 13.4. The van der Waals surface area contributed by atoms with Gasteiger partial charge in [0.15, 0.2) is 0 Å². The number of benzene rings is 1. The molecule has 0 bridgehead atoms. The molecule has 6 nitrogen and oxygen atoms in total. The van der Waals surface area contributed by atoms with E-state index in [9.17, 15) is 4.79 Å². The molecule has 0 radical (unpaired) electrons. The predicted octanol–water partition coefficient (Wildman–Crippen LogP) is 2.89. The number of piperazine rings is 1. The number of nitrogens with two attached hydrogens (primary N) is 1. The van der Waals surface area contributed by atoms with E-state index in [2.05, 4.69) is 23.7 Å². The maximum Gasteiger partial charge on any atom is 0.227 e. The van der Waals surface area contributed by atoms with Crippen LogP contribution in [0.2, 0.25) is 0 Å². The van der Waals surface area contributed by atoms with Crippen molar-refractivity contribution in [2.24, 2.45) is 11.7 Å². The van der Waals surface area contributed by atoms with Crippen LogP contribution in [0.15, 0.2) is 36.4 Å². The van der Waals surface area contributed by atoms with E-state index in [1.54, 1.807) is 0 Å². The second kappa shape index (κ2) is 8.69. The van der Waals surface area contributed by atoms with Crippen molar-refractivity contribution in [1.82, 2.24) is 14.9 Å². The van der Waals surface area contributed by atoms with Gasteiger partial charge in [0, 0.05) is 49.9 Å². The molecule has 2 aromatic rings. The summed E-state index contributed by atoms with van der Waals surface area (Å²) < 4.78 is 0. The molecule has 0 spiro atoms. The zero-order chi connectivity index (χ0) is 20.3. The molecule has 1 fully saturated rings. The summed E-state index contributed by atoms with van der Waals surface area (Å²) in [6, 6.07) is 11.6. The Hall–Kier alpha value is -2.47. The molecule has 2 unspecified atom stereocenters. The number of nitrogens with zero attached hydrogens (tertiary/aromatic N) is 4. The summed E-state index contributed by atoms with van der Waals surface area (Å²) in [5.74, 6) is 2.00. The van der Waals surface area contributed by atoms with Crippen LogP contribution < -0.4 is 10.6 Å². The standard InChI is InChI=1S/C22H31N5O/c1-15(2)21-24-16(3)14-19(25-21)26-10-12-27(13-11-26)22(28)17(4)20(23)18-8-6-5-7-9-18/h5-9,14-15,17,20H,10-13,23H2,1-4H3. The summed E-state index contributed by atoms with van der Waals surface area (Å²) in [5.41, 5.74) is 8.33. The molecule has 2 heterocycles. The minimum atomic E-state index is -0.287. The van der Waals surface area contributed by atoms with Gasteiger partial charge in [0.25, 0.3) is 0 Å². The highest BCUT2D eigenvalue weighted by Gasteiger charge is 2.29. The molecule has 1 amide bonds. The number of aromatic nitrogens is 2. The van der Waals surface area contributed by atoms with Gasteiger partial charge in [-0.05, 0) is 12.5 Å². The SMILES string of the molecule is Cc1cc(N2CCN(C(=O)C(C)C(N)c3ccccc3)CC2)nc(C(C)C)n1. The van der Waals surface area contributed by atoms with Crippen molar-refractivity contribution >= 4 is 11.7 Å². The molecule has 1 aromatic heterocycles. The third kappa shape index (κ3) is 4.50. The zero-order valence-corrected chi connectivity index (χ0v) is 17.3. The lowest BCUT2D eigenvalue weighted by Crippen LogP contribution is -2.51. The number of amides is 1. The Morgan fingerprint density at radius 2 is 1.68 bits per heavy atom. The normalized spacial score (nSPS) is 16.9. The average molecular weight is 382 g/mol. The third-order valence-electron chi connectivity index (χ3n) is 5.40. The second-order valence-corrected chi connectivity index (χ2v) is 7.92. The fourth-order valence-electron chi connectivity index (χ4n) is 3.56. The smallest absolute Gasteiger partial charge is 0.227 e. The van der Waals surface area contributed by atoms with Gasteiger partial charge in [-0.15, -0.1) is 0 Å². The molecule has 6 heteroatoms. The fourth-order valence-corrected chi connectivity index (χ4v) is 3.56. The van der Waals surface area contributed by atoms with Gasteiger partial charge in [-0.2, -0.15) is 0 Å². The van der Waals surface area contributed by atoms with Crippen LogP contribution in [0.5, 0.6) is 0 Å². The van der Waals surface area contributed by atoms with Crippen molar-refractivity contribution in [3.8, 4) is 0 Å². The summed E-state index contributed by atoms with van der Waals surface area (Å²) >= 11 is 0. The van der Waals surface area contributed by atoms with E-state index < -0.39 is 0 Å². The van der Waals surface area contributed by atoms with E-state index in [1.165, 1.54) is 0 Å². The highest BCUT2D eigenvalue weighted by Crippen LogP contribution is 2.23. The summed E-state index contributed by atoms with van der Waals surface area (Å²) in [6.45, 7) is 11.0. The predicted molar refractivity (Wildman–Crippen MR) is 112 cm³/mol. The molecule has 2 atom stereocenters. The Morgan fingerprint density at radius 3 is 2.29 bits per heavy atom. The number of aryl methyl sites for hydroxylation is 1. The number of rotatable bonds is 5. The van der Waals surface area contributed by atoms with Gasteiger partial charge in [0.05, 0.1) is 5.92 Å². The molecule has 1 aliphatic heterocycles. The molecule has 1 aliphatic rings. The topological polar surface area (TPSA) is 75.3 Å². The maximum atomic E-state index is 13.0. The van der Waals surface area contributed by atoms with Gasteiger partial charge < -0.3 is 15.5 Å². The van der Waals surface area contributed by atoms with Gasteiger partial charge in [-0.25, -0.2) is 9.97 Å². The van der Waals surface area contributed by atoms with Crippen LogP contribution in [-0.2, 0) is 4.79 Å². The van der Waals surface area contributed by atoms with Crippen LogP contribution in [0.25, 0.3) is 0 Å². The molecule has 2 N–H and O–H groups in total. The van der Waals surface area contributed by atoms with Crippen molar-refractivity contribution in [3.05, 3.63) is 53.5 Å². The van der Waals surface area contributed by atoms with E-state index >= 15 is 0 Å². The lowest BCUT2D eigenvalue weighted by molar-refractivity contribution is -0.136. The Bertz CT molecular complexity index is 800. The van der Waals surface area contributed by atoms with Crippen LogP contribution >= 0.6 is 0 Å². The van der Waals surface area contributed by atoms with Gasteiger partial charge in [-0.1, -0.05) is 51.1 Å². The van der Waals surface area contributed by atoms with E-state index in [0.29, 0.717) is 19.0 Å². The highest BCUT2D eigenvalue weighted by molar-refractivity contribution is 5.79. The van der Waals surface area contributed by atoms with Crippen LogP contribution in [0.1, 0.15) is 49.8 Å². The van der Waals surface area contributed by atoms with Crippen molar-refractivity contribution < 1.29 is 4.79 Å². The van der Waals surface area contributed by atoms with E-state index in [0.717, 1.165) is 36.0 Å². The van der Waals surface area contributed by atoms with Gasteiger partial charge in [-0.3, -0.25) is 4.79 Å². The molecule has 3 rings (SSSR count). The molecule has 0 aliphatic carbocycles. The molecular weight excluding hydrogens is 350 g/mol. The van der Waals surface area contributed by atoms with E-state index in [4.69, 9.17) is 10.7 Å². The quantitative estimate of drug-likeness (QED) is 0.862. The number of hydrogen-bond donors (Lipinski definition) is 1. The van der Waals surface area contributed by atoms with Gasteiger partial charge in [0.2, 0.25) is 5.91 Å². The zero-order valence-electron chi connectivity index (χ0n) is 17.3. The van der Waals surface area contributed by atoms with Gasteiger partial charge in [0.1, 0.15) is 11.6 Å². The minimum absolute atomic E-state index is 0.123. The third-order valence-corrected chi connectivity index (χ3v) is 5.40. The summed E-state index contributed by atoms with van der Waals surface area (Å²) in [7, 11) is 0. The fraction of sp³-hybridized carbons (Fsp3) is 0.500. The monoisotopic (exact) mass is 381 g/mol. The Morgan fingerprint density at radius 1 is 1.04 bits per heavy atom. The highest BCUT2D eigenvalue weighted by atomic mass is 16.2. The van der Waals surface area contributed by atoms with Crippen molar-refractivity contribution in [1.29, 1.82) is 0 Å².